The summed E-state index contributed by atoms with van der Waals surface area (Å²) in [6.07, 6.45) is 0. The predicted octanol–water partition coefficient (Wildman–Crippen LogP) is 2.93. The third-order valence-electron chi connectivity index (χ3n) is 3.18. The molecule has 0 radical (unpaired) electrons. The van der Waals surface area contributed by atoms with Gasteiger partial charge in [0, 0.05) is 12.2 Å². The van der Waals surface area contributed by atoms with Crippen LogP contribution in [0.1, 0.15) is 31.9 Å². The van der Waals surface area contributed by atoms with Gasteiger partial charge in [0.05, 0.1) is 6.54 Å². The Morgan fingerprint density at radius 3 is 2.32 bits per heavy atom. The highest BCUT2D eigenvalue weighted by molar-refractivity contribution is 6.01. The normalized spacial score (nSPS) is 11.4. The lowest BCUT2D eigenvalue weighted by molar-refractivity contribution is -0.121. The van der Waals surface area contributed by atoms with E-state index in [-0.39, 0.29) is 17.9 Å². The minimum absolute atomic E-state index is 0.108. The fraction of sp³-hybridized carbons (Fsp3) is 0.529. The minimum atomic E-state index is -0.502. The smallest absolute Gasteiger partial charge is 0.308 e. The number of nitrogens with one attached hydrogen (secondary N) is 2. The van der Waals surface area contributed by atoms with Crippen molar-refractivity contribution in [1.29, 1.82) is 0 Å². The van der Waals surface area contributed by atoms with Gasteiger partial charge in [0.1, 0.15) is 0 Å². The fourth-order valence-electron chi connectivity index (χ4n) is 2.26. The van der Waals surface area contributed by atoms with Gasteiger partial charge in [-0.2, -0.15) is 0 Å². The van der Waals surface area contributed by atoms with E-state index in [4.69, 9.17) is 0 Å². The second kappa shape index (κ2) is 7.40. The number of nitrogens with zero attached hydrogens (tertiary/aromatic N) is 1. The number of carbonyl (C=O) groups is 2. The second-order valence-electron chi connectivity index (χ2n) is 7.03. The van der Waals surface area contributed by atoms with Crippen molar-refractivity contribution in [2.45, 2.75) is 34.6 Å². The van der Waals surface area contributed by atoms with E-state index in [1.807, 2.05) is 44.0 Å². The van der Waals surface area contributed by atoms with E-state index in [0.29, 0.717) is 5.69 Å². The first kappa shape index (κ1) is 18.2. The molecule has 122 valence electrons. The summed E-state index contributed by atoms with van der Waals surface area (Å²) < 4.78 is 0. The molecule has 0 heterocycles. The molecule has 1 aromatic rings. The van der Waals surface area contributed by atoms with Crippen molar-refractivity contribution in [1.82, 2.24) is 10.2 Å². The zero-order valence-corrected chi connectivity index (χ0v) is 14.4. The average molecular weight is 305 g/mol. The number of hydrogen-bond acceptors (Lipinski definition) is 3. The molecule has 0 aliphatic heterocycles. The van der Waals surface area contributed by atoms with Gasteiger partial charge >= 0.3 is 6.03 Å². The largest absolute Gasteiger partial charge is 0.325 e. The lowest BCUT2D eigenvalue weighted by Gasteiger charge is -2.25. The van der Waals surface area contributed by atoms with E-state index in [0.717, 1.165) is 17.7 Å². The highest BCUT2D eigenvalue weighted by Gasteiger charge is 2.16. The van der Waals surface area contributed by atoms with Gasteiger partial charge in [0.15, 0.2) is 0 Å². The van der Waals surface area contributed by atoms with Crippen LogP contribution in [-0.2, 0) is 4.79 Å². The lowest BCUT2D eigenvalue weighted by atomic mass is 9.96. The molecule has 0 saturated carbocycles. The van der Waals surface area contributed by atoms with Crippen LogP contribution in [0.4, 0.5) is 10.5 Å². The molecule has 0 unspecified atom stereocenters. The van der Waals surface area contributed by atoms with Crippen molar-refractivity contribution < 1.29 is 9.59 Å². The van der Waals surface area contributed by atoms with E-state index in [9.17, 15) is 9.59 Å². The van der Waals surface area contributed by atoms with Crippen LogP contribution in [0, 0.1) is 19.3 Å². The number of anilines is 1. The van der Waals surface area contributed by atoms with Crippen LogP contribution in [0.2, 0.25) is 0 Å². The van der Waals surface area contributed by atoms with Crippen LogP contribution in [0.15, 0.2) is 18.2 Å². The SMILES string of the molecule is Cc1ccc(NC(=O)NC(=O)CN(C)CC(C)(C)C)cc1C. The molecule has 1 rings (SSSR count). The molecule has 3 amide bonds. The van der Waals surface area contributed by atoms with Crippen molar-refractivity contribution in [3.8, 4) is 0 Å². The molecular weight excluding hydrogens is 278 g/mol. The van der Waals surface area contributed by atoms with Crippen molar-refractivity contribution in [3.05, 3.63) is 29.3 Å². The summed E-state index contributed by atoms with van der Waals surface area (Å²) in [7, 11) is 1.87. The summed E-state index contributed by atoms with van der Waals surface area (Å²) in [4.78, 5) is 25.6. The monoisotopic (exact) mass is 305 g/mol. The Morgan fingerprint density at radius 1 is 1.14 bits per heavy atom. The Labute approximate surface area is 133 Å². The number of aryl methyl sites for hydroxylation is 2. The van der Waals surface area contributed by atoms with E-state index >= 15 is 0 Å². The van der Waals surface area contributed by atoms with Crippen molar-refractivity contribution in [2.24, 2.45) is 5.41 Å². The molecule has 1 aromatic carbocycles. The third-order valence-corrected chi connectivity index (χ3v) is 3.18. The fourth-order valence-corrected chi connectivity index (χ4v) is 2.26. The summed E-state index contributed by atoms with van der Waals surface area (Å²) in [5.41, 5.74) is 3.04. The number of amides is 3. The van der Waals surface area contributed by atoms with E-state index in [1.165, 1.54) is 0 Å². The molecule has 0 aliphatic carbocycles. The number of likely N-dealkylation sites (N-methyl/N-ethyl adjacent to an activating group) is 1. The van der Waals surface area contributed by atoms with Crippen molar-refractivity contribution in [3.63, 3.8) is 0 Å². The van der Waals surface area contributed by atoms with Gasteiger partial charge in [-0.05, 0) is 49.6 Å². The highest BCUT2D eigenvalue weighted by atomic mass is 16.2. The molecule has 5 nitrogen and oxygen atoms in total. The van der Waals surface area contributed by atoms with Gasteiger partial charge in [0.25, 0.3) is 0 Å². The first-order valence-corrected chi connectivity index (χ1v) is 7.43. The third kappa shape index (κ3) is 6.72. The Kier molecular flexibility index (Phi) is 6.11. The zero-order valence-electron chi connectivity index (χ0n) is 14.4. The van der Waals surface area contributed by atoms with Crippen LogP contribution >= 0.6 is 0 Å². The molecule has 0 aliphatic rings. The van der Waals surface area contributed by atoms with E-state index < -0.39 is 6.03 Å². The van der Waals surface area contributed by atoms with E-state index in [2.05, 4.69) is 31.4 Å². The van der Waals surface area contributed by atoms with Gasteiger partial charge in [-0.1, -0.05) is 26.8 Å². The Morgan fingerprint density at radius 2 is 1.77 bits per heavy atom. The molecule has 22 heavy (non-hydrogen) atoms. The zero-order chi connectivity index (χ0) is 16.9. The number of hydrogen-bond donors (Lipinski definition) is 2. The summed E-state index contributed by atoms with van der Waals surface area (Å²) in [5.74, 6) is -0.312. The minimum Gasteiger partial charge on any atom is -0.308 e. The summed E-state index contributed by atoms with van der Waals surface area (Å²) >= 11 is 0. The molecule has 0 atom stereocenters. The van der Waals surface area contributed by atoms with Crippen molar-refractivity contribution >= 4 is 17.6 Å². The van der Waals surface area contributed by atoms with Gasteiger partial charge in [0.2, 0.25) is 5.91 Å². The number of urea groups is 1. The molecule has 0 fully saturated rings. The maximum Gasteiger partial charge on any atom is 0.325 e. The van der Waals surface area contributed by atoms with Gasteiger partial charge in [-0.25, -0.2) is 4.79 Å². The maximum absolute atomic E-state index is 11.8. The van der Waals surface area contributed by atoms with Gasteiger partial charge < -0.3 is 5.32 Å². The molecular formula is C17H27N3O2. The van der Waals surface area contributed by atoms with Gasteiger partial charge in [-0.3, -0.25) is 15.0 Å². The van der Waals surface area contributed by atoms with Crippen LogP contribution in [-0.4, -0.2) is 37.0 Å². The summed E-state index contributed by atoms with van der Waals surface area (Å²) in [5, 5.41) is 5.02. The van der Waals surface area contributed by atoms with Crippen LogP contribution in [0.3, 0.4) is 0 Å². The predicted molar refractivity (Wildman–Crippen MR) is 90.0 cm³/mol. The Hall–Kier alpha value is -1.88. The first-order chi connectivity index (χ1) is 10.1. The lowest BCUT2D eigenvalue weighted by Crippen LogP contribution is -2.42. The standard InChI is InChI=1S/C17H27N3O2/c1-12-7-8-14(9-13(12)2)18-16(22)19-15(21)10-20(6)11-17(3,4)5/h7-9H,10-11H2,1-6H3,(H2,18,19,21,22). The number of imide groups is 1. The molecule has 5 heteroatoms. The molecule has 0 bridgehead atoms. The number of benzene rings is 1. The maximum atomic E-state index is 11.8. The van der Waals surface area contributed by atoms with Crippen LogP contribution in [0.5, 0.6) is 0 Å². The summed E-state index contributed by atoms with van der Waals surface area (Å²) in [6.45, 7) is 11.3. The molecule has 2 N–H and O–H groups in total. The average Bonchev–Trinajstić information content (AvgIpc) is 2.30. The topological polar surface area (TPSA) is 61.4 Å². The second-order valence-corrected chi connectivity index (χ2v) is 7.03. The Bertz CT molecular complexity index is 547. The van der Waals surface area contributed by atoms with Crippen LogP contribution < -0.4 is 10.6 Å². The molecule has 0 spiro atoms. The summed E-state index contributed by atoms with van der Waals surface area (Å²) in [6, 6.07) is 5.13. The molecule has 0 saturated heterocycles. The molecule has 0 aromatic heterocycles. The highest BCUT2D eigenvalue weighted by Crippen LogP contribution is 2.14. The van der Waals surface area contributed by atoms with Crippen LogP contribution in [0.25, 0.3) is 0 Å². The van der Waals surface area contributed by atoms with Gasteiger partial charge in [-0.15, -0.1) is 0 Å². The van der Waals surface area contributed by atoms with E-state index in [1.54, 1.807) is 0 Å². The first-order valence-electron chi connectivity index (χ1n) is 7.43. The quantitative estimate of drug-likeness (QED) is 0.899. The number of rotatable bonds is 4. The Balaban J connectivity index is 2.47. The number of carbonyl (C=O) groups excluding carboxylic acids is 2. The van der Waals surface area contributed by atoms with Crippen molar-refractivity contribution in [2.75, 3.05) is 25.5 Å².